The van der Waals surface area contributed by atoms with Gasteiger partial charge in [0.05, 0.1) is 18.8 Å². The summed E-state index contributed by atoms with van der Waals surface area (Å²) >= 11 is 11.3. The lowest BCUT2D eigenvalue weighted by molar-refractivity contribution is -0.0600. The molecule has 3 nitrogen and oxygen atoms in total. The van der Waals surface area contributed by atoms with E-state index in [9.17, 15) is 0 Å². The van der Waals surface area contributed by atoms with E-state index in [1.165, 1.54) is 4.88 Å². The smallest absolute Gasteiger partial charge is 0.107 e. The number of likely N-dealkylation sites (N-methyl/N-ethyl adjacent to an activating group) is 2. The molecule has 1 N–H and O–H groups in total. The van der Waals surface area contributed by atoms with E-state index in [1.807, 2.05) is 0 Å². The molecule has 1 saturated heterocycles. The van der Waals surface area contributed by atoms with Crippen molar-refractivity contribution in [3.8, 4) is 0 Å². The predicted molar refractivity (Wildman–Crippen MR) is 80.7 cm³/mol. The topological polar surface area (TPSA) is 24.5 Å². The van der Waals surface area contributed by atoms with Gasteiger partial charge < -0.3 is 10.1 Å². The molecule has 102 valence electrons. The van der Waals surface area contributed by atoms with Crippen LogP contribution in [0.15, 0.2) is 10.5 Å². The molecule has 0 bridgehead atoms. The summed E-state index contributed by atoms with van der Waals surface area (Å²) in [4.78, 5) is 3.61. The zero-order valence-electron chi connectivity index (χ0n) is 10.6. The van der Waals surface area contributed by atoms with Gasteiger partial charge in [0.25, 0.3) is 0 Å². The Kier molecular flexibility index (Phi) is 5.47. The van der Waals surface area contributed by atoms with Gasteiger partial charge in [0.1, 0.15) is 4.34 Å². The lowest BCUT2D eigenvalue weighted by Crippen LogP contribution is -2.47. The normalized spacial score (nSPS) is 25.6. The first-order chi connectivity index (χ1) is 8.63. The van der Waals surface area contributed by atoms with Gasteiger partial charge in [-0.05, 0) is 35.6 Å². The monoisotopic (exact) mass is 352 g/mol. The molecule has 1 aliphatic rings. The van der Waals surface area contributed by atoms with E-state index in [0.717, 1.165) is 35.1 Å². The van der Waals surface area contributed by atoms with Crippen LogP contribution >= 0.6 is 38.9 Å². The van der Waals surface area contributed by atoms with Gasteiger partial charge in [0, 0.05) is 22.4 Å². The van der Waals surface area contributed by atoms with Crippen molar-refractivity contribution in [2.24, 2.45) is 0 Å². The summed E-state index contributed by atoms with van der Waals surface area (Å²) in [5.41, 5.74) is 0. The Labute approximate surface area is 126 Å². The van der Waals surface area contributed by atoms with E-state index in [-0.39, 0.29) is 12.1 Å². The van der Waals surface area contributed by atoms with Gasteiger partial charge in [-0.3, -0.25) is 4.90 Å². The van der Waals surface area contributed by atoms with Gasteiger partial charge in [-0.2, -0.15) is 0 Å². The fraction of sp³-hybridized carbons (Fsp3) is 0.667. The number of hydrogen-bond acceptors (Lipinski definition) is 4. The quantitative estimate of drug-likeness (QED) is 0.900. The number of nitrogens with one attached hydrogen (secondary N) is 1. The van der Waals surface area contributed by atoms with Crippen molar-refractivity contribution in [3.05, 3.63) is 19.8 Å². The highest BCUT2D eigenvalue weighted by Gasteiger charge is 2.32. The molecular weight excluding hydrogens is 336 g/mol. The van der Waals surface area contributed by atoms with Gasteiger partial charge in [0.2, 0.25) is 0 Å². The largest absolute Gasteiger partial charge is 0.374 e. The maximum atomic E-state index is 6.15. The molecule has 2 heterocycles. The molecule has 2 unspecified atom stereocenters. The summed E-state index contributed by atoms with van der Waals surface area (Å²) in [5.74, 6) is 0. The predicted octanol–water partition coefficient (Wildman–Crippen LogP) is 3.15. The van der Waals surface area contributed by atoms with Gasteiger partial charge in [-0.25, -0.2) is 0 Å². The molecular formula is C12H18BrClN2OS. The van der Waals surface area contributed by atoms with Crippen molar-refractivity contribution >= 4 is 38.9 Å². The molecule has 1 fully saturated rings. The zero-order chi connectivity index (χ0) is 13.1. The molecule has 18 heavy (non-hydrogen) atoms. The summed E-state index contributed by atoms with van der Waals surface area (Å²) in [6.45, 7) is 5.70. The highest BCUT2D eigenvalue weighted by molar-refractivity contribution is 9.10. The fourth-order valence-electron chi connectivity index (χ4n) is 2.23. The molecule has 0 saturated carbocycles. The van der Waals surface area contributed by atoms with Crippen LogP contribution in [-0.2, 0) is 4.74 Å². The van der Waals surface area contributed by atoms with Crippen LogP contribution in [0.2, 0.25) is 4.34 Å². The third-order valence-electron chi connectivity index (χ3n) is 3.15. The van der Waals surface area contributed by atoms with E-state index in [0.29, 0.717) is 0 Å². The van der Waals surface area contributed by atoms with Crippen LogP contribution in [0.4, 0.5) is 0 Å². The number of thiophene rings is 1. The van der Waals surface area contributed by atoms with Crippen molar-refractivity contribution < 1.29 is 4.74 Å². The summed E-state index contributed by atoms with van der Waals surface area (Å²) in [6.07, 6.45) is 0.185. The number of hydrogen-bond donors (Lipinski definition) is 1. The minimum absolute atomic E-state index is 0.185. The van der Waals surface area contributed by atoms with Crippen molar-refractivity contribution in [2.75, 3.05) is 33.3 Å². The molecule has 0 aromatic carbocycles. The van der Waals surface area contributed by atoms with Crippen LogP contribution in [0, 0.1) is 0 Å². The number of rotatable bonds is 4. The maximum Gasteiger partial charge on any atom is 0.107 e. The second-order valence-corrected chi connectivity index (χ2v) is 6.95. The highest BCUT2D eigenvalue weighted by Crippen LogP contribution is 2.39. The van der Waals surface area contributed by atoms with Crippen LogP contribution < -0.4 is 5.32 Å². The first-order valence-corrected chi connectivity index (χ1v) is 8.09. The first kappa shape index (κ1) is 14.8. The standard InChI is InChI=1S/C12H18BrClN2OS/c1-3-15-7-9-11(16(2)4-5-17-9)10-6-8(13)12(14)18-10/h6,9,11,15H,3-5,7H2,1-2H3. The van der Waals surface area contributed by atoms with Gasteiger partial charge >= 0.3 is 0 Å². The summed E-state index contributed by atoms with van der Waals surface area (Å²) in [5, 5.41) is 3.37. The molecule has 2 rings (SSSR count). The molecule has 0 spiro atoms. The van der Waals surface area contributed by atoms with E-state index in [1.54, 1.807) is 11.3 Å². The Balaban J connectivity index is 2.18. The Hall–Kier alpha value is 0.350. The number of ether oxygens (including phenoxy) is 1. The Bertz CT molecular complexity index is 382. The molecule has 1 aliphatic heterocycles. The van der Waals surface area contributed by atoms with E-state index in [2.05, 4.69) is 46.2 Å². The number of halogens is 2. The average Bonchev–Trinajstić information content (AvgIpc) is 2.66. The van der Waals surface area contributed by atoms with Crippen LogP contribution in [0.5, 0.6) is 0 Å². The number of nitrogens with zero attached hydrogens (tertiary/aromatic N) is 1. The molecule has 0 amide bonds. The average molecular weight is 354 g/mol. The molecule has 0 aliphatic carbocycles. The van der Waals surface area contributed by atoms with Gasteiger partial charge in [-0.15, -0.1) is 11.3 Å². The third-order valence-corrected chi connectivity index (χ3v) is 5.70. The second kappa shape index (κ2) is 6.68. The summed E-state index contributed by atoms with van der Waals surface area (Å²) < 4.78 is 7.70. The molecule has 6 heteroatoms. The SMILES string of the molecule is CCNCC1OCCN(C)C1c1cc(Br)c(Cl)s1. The highest BCUT2D eigenvalue weighted by atomic mass is 79.9. The lowest BCUT2D eigenvalue weighted by atomic mass is 10.1. The molecule has 1 aromatic rings. The van der Waals surface area contributed by atoms with Crippen LogP contribution in [-0.4, -0.2) is 44.3 Å². The maximum absolute atomic E-state index is 6.15. The van der Waals surface area contributed by atoms with Crippen LogP contribution in [0.3, 0.4) is 0 Å². The van der Waals surface area contributed by atoms with Crippen molar-refractivity contribution in [3.63, 3.8) is 0 Å². The third kappa shape index (κ3) is 3.26. The van der Waals surface area contributed by atoms with Gasteiger partial charge in [0.15, 0.2) is 0 Å². The second-order valence-electron chi connectivity index (χ2n) is 4.41. The van der Waals surface area contributed by atoms with Crippen molar-refractivity contribution in [1.82, 2.24) is 10.2 Å². The van der Waals surface area contributed by atoms with E-state index >= 15 is 0 Å². The van der Waals surface area contributed by atoms with E-state index < -0.39 is 0 Å². The van der Waals surface area contributed by atoms with Crippen LogP contribution in [0.25, 0.3) is 0 Å². The Morgan fingerprint density at radius 3 is 3.06 bits per heavy atom. The summed E-state index contributed by atoms with van der Waals surface area (Å²) in [7, 11) is 2.15. The molecule has 2 atom stereocenters. The minimum Gasteiger partial charge on any atom is -0.374 e. The van der Waals surface area contributed by atoms with Crippen molar-refractivity contribution in [1.29, 1.82) is 0 Å². The lowest BCUT2D eigenvalue weighted by Gasteiger charge is -2.38. The van der Waals surface area contributed by atoms with Crippen molar-refractivity contribution in [2.45, 2.75) is 19.1 Å². The summed E-state index contributed by atoms with van der Waals surface area (Å²) in [6, 6.07) is 2.40. The Morgan fingerprint density at radius 2 is 2.44 bits per heavy atom. The first-order valence-electron chi connectivity index (χ1n) is 6.10. The fourth-order valence-corrected chi connectivity index (χ4v) is 4.18. The minimum atomic E-state index is 0.185. The Morgan fingerprint density at radius 1 is 1.67 bits per heavy atom. The van der Waals surface area contributed by atoms with Crippen LogP contribution in [0.1, 0.15) is 17.8 Å². The molecule has 1 aromatic heterocycles. The number of morpholine rings is 1. The molecule has 0 radical (unpaired) electrons. The van der Waals surface area contributed by atoms with Gasteiger partial charge in [-0.1, -0.05) is 18.5 Å². The van der Waals surface area contributed by atoms with E-state index in [4.69, 9.17) is 16.3 Å². The zero-order valence-corrected chi connectivity index (χ0v) is 13.7.